The van der Waals surface area contributed by atoms with Crippen molar-refractivity contribution < 1.29 is 4.79 Å². The van der Waals surface area contributed by atoms with Gasteiger partial charge in [0.15, 0.2) is 0 Å². The maximum Gasteiger partial charge on any atom is 0.254 e. The second kappa shape index (κ2) is 4.60. The van der Waals surface area contributed by atoms with Gasteiger partial charge in [-0.05, 0) is 44.2 Å². The van der Waals surface area contributed by atoms with Crippen LogP contribution < -0.4 is 0 Å². The van der Waals surface area contributed by atoms with Crippen LogP contribution in [-0.4, -0.2) is 22.9 Å². The number of rotatable bonds is 1. The first-order chi connectivity index (χ1) is 8.82. The predicted molar refractivity (Wildman–Crippen MR) is 72.4 cm³/mol. The number of carbonyl (C=O) groups excluding carboxylic acids is 1. The molecule has 0 unspecified atom stereocenters. The first-order valence-corrected chi connectivity index (χ1v) is 6.84. The molecule has 1 amide bonds. The number of amides is 1. The third-order valence-electron chi connectivity index (χ3n) is 4.27. The van der Waals surface area contributed by atoms with E-state index in [9.17, 15) is 4.79 Å². The van der Waals surface area contributed by atoms with Crippen LogP contribution in [0.5, 0.6) is 0 Å². The van der Waals surface area contributed by atoms with E-state index in [-0.39, 0.29) is 11.4 Å². The Kier molecular flexibility index (Phi) is 2.94. The van der Waals surface area contributed by atoms with Crippen LogP contribution in [0.1, 0.15) is 42.5 Å². The number of carbonyl (C=O) groups is 1. The van der Waals surface area contributed by atoms with Crippen molar-refractivity contribution in [3.63, 3.8) is 0 Å². The lowest BCUT2D eigenvalue weighted by Crippen LogP contribution is -2.53. The lowest BCUT2D eigenvalue weighted by atomic mass is 9.84. The molecule has 1 aliphatic carbocycles. The van der Waals surface area contributed by atoms with Gasteiger partial charge in [-0.25, -0.2) is 0 Å². The van der Waals surface area contributed by atoms with Crippen LogP contribution in [0.3, 0.4) is 0 Å². The third-order valence-corrected chi connectivity index (χ3v) is 4.27. The smallest absolute Gasteiger partial charge is 0.254 e. The number of likely N-dealkylation sites (tertiary alicyclic amines) is 1. The molecule has 94 valence electrons. The zero-order valence-electron chi connectivity index (χ0n) is 10.6. The molecule has 1 aromatic carbocycles. The fourth-order valence-corrected chi connectivity index (χ4v) is 3.26. The lowest BCUT2D eigenvalue weighted by molar-refractivity contribution is 0.0356. The molecule has 0 bridgehead atoms. The minimum absolute atomic E-state index is 0.0885. The lowest BCUT2D eigenvalue weighted by Gasteiger charge is -2.45. The van der Waals surface area contributed by atoms with E-state index < -0.39 is 0 Å². The van der Waals surface area contributed by atoms with Crippen molar-refractivity contribution in [1.29, 1.82) is 0 Å². The Morgan fingerprint density at radius 3 is 2.50 bits per heavy atom. The van der Waals surface area contributed by atoms with Gasteiger partial charge in [-0.15, -0.1) is 0 Å². The quantitative estimate of drug-likeness (QED) is 0.690. The summed E-state index contributed by atoms with van der Waals surface area (Å²) < 4.78 is 0. The van der Waals surface area contributed by atoms with Gasteiger partial charge in [-0.3, -0.25) is 4.79 Å². The summed E-state index contributed by atoms with van der Waals surface area (Å²) in [5.74, 6) is 0.207. The van der Waals surface area contributed by atoms with Crippen molar-refractivity contribution in [2.75, 3.05) is 6.54 Å². The number of hydrogen-bond donors (Lipinski definition) is 0. The summed E-state index contributed by atoms with van der Waals surface area (Å²) in [6, 6.07) is 9.69. The molecule has 0 aromatic heterocycles. The summed E-state index contributed by atoms with van der Waals surface area (Å²) in [6.45, 7) is 0.912. The number of nitrogens with zero attached hydrogens (tertiary/aromatic N) is 1. The van der Waals surface area contributed by atoms with E-state index in [1.165, 1.54) is 6.42 Å². The Labute approximate surface area is 108 Å². The molecule has 1 spiro atoms. The molecule has 1 saturated heterocycles. The zero-order chi connectivity index (χ0) is 12.4. The van der Waals surface area contributed by atoms with E-state index in [1.807, 2.05) is 30.3 Å². The molecular formula is C16H19NO. The van der Waals surface area contributed by atoms with Crippen molar-refractivity contribution in [3.05, 3.63) is 48.0 Å². The van der Waals surface area contributed by atoms with Crippen molar-refractivity contribution in [1.82, 2.24) is 4.90 Å². The molecule has 2 nitrogen and oxygen atoms in total. The second-order valence-electron chi connectivity index (χ2n) is 5.38. The van der Waals surface area contributed by atoms with Crippen LogP contribution in [-0.2, 0) is 0 Å². The summed E-state index contributed by atoms with van der Waals surface area (Å²) >= 11 is 0. The Balaban J connectivity index is 1.87. The van der Waals surface area contributed by atoms with E-state index in [2.05, 4.69) is 17.1 Å². The fourth-order valence-electron chi connectivity index (χ4n) is 3.26. The van der Waals surface area contributed by atoms with Crippen molar-refractivity contribution in [2.24, 2.45) is 0 Å². The first kappa shape index (κ1) is 11.5. The highest BCUT2D eigenvalue weighted by atomic mass is 16.2. The molecule has 0 saturated carbocycles. The van der Waals surface area contributed by atoms with E-state index >= 15 is 0 Å². The van der Waals surface area contributed by atoms with Gasteiger partial charge in [0.05, 0.1) is 5.54 Å². The van der Waals surface area contributed by atoms with Crippen molar-refractivity contribution >= 4 is 5.91 Å². The molecule has 2 heteroatoms. The molecule has 0 radical (unpaired) electrons. The van der Waals surface area contributed by atoms with Gasteiger partial charge in [0.2, 0.25) is 0 Å². The molecule has 1 fully saturated rings. The van der Waals surface area contributed by atoms with Gasteiger partial charge in [-0.1, -0.05) is 30.4 Å². The van der Waals surface area contributed by atoms with Crippen LogP contribution in [0.4, 0.5) is 0 Å². The Morgan fingerprint density at radius 2 is 1.78 bits per heavy atom. The Bertz CT molecular complexity index is 455. The SMILES string of the molecule is O=C(c1ccccc1)N1CCCCC12CC=CC2. The normalized spacial score (nSPS) is 21.4. The van der Waals surface area contributed by atoms with Gasteiger partial charge in [0, 0.05) is 12.1 Å². The maximum atomic E-state index is 12.7. The minimum Gasteiger partial charge on any atom is -0.332 e. The first-order valence-electron chi connectivity index (χ1n) is 6.84. The highest BCUT2D eigenvalue weighted by Crippen LogP contribution is 2.39. The maximum absolute atomic E-state index is 12.7. The van der Waals surface area contributed by atoms with Gasteiger partial charge >= 0.3 is 0 Å². The van der Waals surface area contributed by atoms with Crippen LogP contribution >= 0.6 is 0 Å². The Hall–Kier alpha value is -1.57. The largest absolute Gasteiger partial charge is 0.332 e. The highest BCUT2D eigenvalue weighted by Gasteiger charge is 2.41. The number of piperidine rings is 1. The van der Waals surface area contributed by atoms with Gasteiger partial charge in [0.25, 0.3) is 5.91 Å². The molecule has 1 heterocycles. The van der Waals surface area contributed by atoms with Gasteiger partial charge in [0.1, 0.15) is 0 Å². The second-order valence-corrected chi connectivity index (χ2v) is 5.38. The van der Waals surface area contributed by atoms with Gasteiger partial charge in [-0.2, -0.15) is 0 Å². The minimum atomic E-state index is 0.0885. The van der Waals surface area contributed by atoms with Crippen LogP contribution in [0.25, 0.3) is 0 Å². The molecule has 1 aromatic rings. The molecule has 1 aliphatic heterocycles. The molecule has 3 rings (SSSR count). The van der Waals surface area contributed by atoms with Gasteiger partial charge < -0.3 is 4.90 Å². The summed E-state index contributed by atoms with van der Waals surface area (Å²) in [6.07, 6.45) is 10.1. The summed E-state index contributed by atoms with van der Waals surface area (Å²) in [5, 5.41) is 0. The summed E-state index contributed by atoms with van der Waals surface area (Å²) in [4.78, 5) is 14.8. The molecule has 18 heavy (non-hydrogen) atoms. The molecular weight excluding hydrogens is 222 g/mol. The molecule has 0 atom stereocenters. The fraction of sp³-hybridized carbons (Fsp3) is 0.438. The third kappa shape index (κ3) is 1.86. The van der Waals surface area contributed by atoms with E-state index in [0.717, 1.165) is 37.8 Å². The average molecular weight is 241 g/mol. The monoisotopic (exact) mass is 241 g/mol. The van der Waals surface area contributed by atoms with E-state index in [1.54, 1.807) is 0 Å². The zero-order valence-corrected chi connectivity index (χ0v) is 10.6. The predicted octanol–water partition coefficient (Wildman–Crippen LogP) is 3.40. The van der Waals surface area contributed by atoms with E-state index in [0.29, 0.717) is 0 Å². The number of benzene rings is 1. The number of hydrogen-bond acceptors (Lipinski definition) is 1. The standard InChI is InChI=1S/C16H19NO/c18-15(14-8-2-1-3-9-14)17-13-7-6-12-16(17)10-4-5-11-16/h1-5,8-9H,6-7,10-13H2. The molecule has 0 N–H and O–H groups in total. The topological polar surface area (TPSA) is 20.3 Å². The van der Waals surface area contributed by atoms with Crippen molar-refractivity contribution in [2.45, 2.75) is 37.6 Å². The average Bonchev–Trinajstić information content (AvgIpc) is 2.88. The van der Waals surface area contributed by atoms with E-state index in [4.69, 9.17) is 0 Å². The summed E-state index contributed by atoms with van der Waals surface area (Å²) in [5.41, 5.74) is 0.913. The Morgan fingerprint density at radius 1 is 1.06 bits per heavy atom. The van der Waals surface area contributed by atoms with Crippen molar-refractivity contribution in [3.8, 4) is 0 Å². The summed E-state index contributed by atoms with van der Waals surface area (Å²) in [7, 11) is 0. The van der Waals surface area contributed by atoms with Crippen LogP contribution in [0.2, 0.25) is 0 Å². The highest BCUT2D eigenvalue weighted by molar-refractivity contribution is 5.94. The van der Waals surface area contributed by atoms with Crippen LogP contribution in [0.15, 0.2) is 42.5 Å². The molecule has 2 aliphatic rings. The van der Waals surface area contributed by atoms with Crippen LogP contribution in [0, 0.1) is 0 Å².